The summed E-state index contributed by atoms with van der Waals surface area (Å²) in [6.45, 7) is 6.06. The molecular formula is C24H33N5O3S. The number of aromatic nitrogens is 1. The summed E-state index contributed by atoms with van der Waals surface area (Å²) in [7, 11) is 0. The highest BCUT2D eigenvalue weighted by atomic mass is 32.1. The van der Waals surface area contributed by atoms with Gasteiger partial charge in [0.15, 0.2) is 5.69 Å². The normalized spacial score (nSPS) is 15.3. The molecule has 1 atom stereocenters. The Bertz CT molecular complexity index is 996. The first-order chi connectivity index (χ1) is 15.7. The van der Waals surface area contributed by atoms with E-state index >= 15 is 0 Å². The fraction of sp³-hybridized carbons (Fsp3) is 0.500. The average molecular weight is 472 g/mol. The molecule has 1 aliphatic carbocycles. The molecule has 1 heterocycles. The summed E-state index contributed by atoms with van der Waals surface area (Å²) < 4.78 is 3.97. The Morgan fingerprint density at radius 3 is 2.30 bits per heavy atom. The van der Waals surface area contributed by atoms with Crippen molar-refractivity contribution in [1.29, 1.82) is 0 Å². The van der Waals surface area contributed by atoms with Crippen molar-refractivity contribution in [2.24, 2.45) is 5.73 Å². The van der Waals surface area contributed by atoms with Gasteiger partial charge >= 0.3 is 0 Å². The van der Waals surface area contributed by atoms with Crippen molar-refractivity contribution in [3.8, 4) is 0 Å². The number of carbonyl (C=O) groups is 3. The quantitative estimate of drug-likeness (QED) is 0.538. The second-order valence-corrected chi connectivity index (χ2v) is 9.60. The SMILES string of the molecule is CC[C@H](C(=O)NC1CCCCC1)N(C(=O)c1snc(C(N)=O)c1N)c1ccc(C(C)C)cc1. The number of benzene rings is 1. The summed E-state index contributed by atoms with van der Waals surface area (Å²) in [6, 6.07) is 6.98. The molecule has 3 rings (SSSR count). The van der Waals surface area contributed by atoms with Crippen molar-refractivity contribution in [2.45, 2.75) is 77.3 Å². The van der Waals surface area contributed by atoms with Crippen molar-refractivity contribution in [2.75, 3.05) is 10.6 Å². The maximum atomic E-state index is 13.7. The molecule has 0 aliphatic heterocycles. The molecule has 1 fully saturated rings. The number of nitrogens with two attached hydrogens (primary N) is 2. The Labute approximate surface area is 198 Å². The van der Waals surface area contributed by atoms with E-state index < -0.39 is 17.9 Å². The predicted molar refractivity (Wildman–Crippen MR) is 131 cm³/mol. The largest absolute Gasteiger partial charge is 0.395 e. The number of amides is 3. The van der Waals surface area contributed by atoms with E-state index in [4.69, 9.17) is 11.5 Å². The minimum atomic E-state index is -0.794. The Morgan fingerprint density at radius 2 is 1.79 bits per heavy atom. The first-order valence-electron chi connectivity index (χ1n) is 11.5. The Hall–Kier alpha value is -2.94. The molecule has 3 amide bonds. The van der Waals surface area contributed by atoms with Gasteiger partial charge in [0, 0.05) is 11.7 Å². The van der Waals surface area contributed by atoms with Crippen molar-refractivity contribution in [3.05, 3.63) is 40.4 Å². The maximum Gasteiger partial charge on any atom is 0.272 e. The number of nitrogen functional groups attached to an aromatic ring is 1. The van der Waals surface area contributed by atoms with Gasteiger partial charge in [0.25, 0.3) is 11.8 Å². The molecular weight excluding hydrogens is 438 g/mol. The lowest BCUT2D eigenvalue weighted by Gasteiger charge is -2.32. The van der Waals surface area contributed by atoms with Crippen LogP contribution in [0.1, 0.15) is 90.9 Å². The van der Waals surface area contributed by atoms with Crippen molar-refractivity contribution >= 4 is 40.6 Å². The lowest BCUT2D eigenvalue weighted by atomic mass is 9.95. The Kier molecular flexibility index (Phi) is 8.07. The van der Waals surface area contributed by atoms with Gasteiger partial charge < -0.3 is 16.8 Å². The van der Waals surface area contributed by atoms with Crippen LogP contribution in [0.2, 0.25) is 0 Å². The number of rotatable bonds is 8. The first-order valence-corrected chi connectivity index (χ1v) is 12.3. The van der Waals surface area contributed by atoms with Gasteiger partial charge in [0.2, 0.25) is 5.91 Å². The lowest BCUT2D eigenvalue weighted by Crippen LogP contribution is -2.52. The van der Waals surface area contributed by atoms with E-state index in [9.17, 15) is 14.4 Å². The molecule has 8 nitrogen and oxygen atoms in total. The highest BCUT2D eigenvalue weighted by Crippen LogP contribution is 2.30. The molecule has 1 saturated carbocycles. The van der Waals surface area contributed by atoms with Gasteiger partial charge in [-0.3, -0.25) is 19.3 Å². The fourth-order valence-corrected chi connectivity index (χ4v) is 4.97. The summed E-state index contributed by atoms with van der Waals surface area (Å²) in [5.74, 6) is -1.13. The van der Waals surface area contributed by atoms with E-state index in [1.165, 1.54) is 11.3 Å². The van der Waals surface area contributed by atoms with Gasteiger partial charge in [-0.25, -0.2) is 0 Å². The minimum Gasteiger partial charge on any atom is -0.395 e. The fourth-order valence-electron chi connectivity index (χ4n) is 4.23. The minimum absolute atomic E-state index is 0.0520. The zero-order valence-electron chi connectivity index (χ0n) is 19.5. The second kappa shape index (κ2) is 10.8. The van der Waals surface area contributed by atoms with Gasteiger partial charge in [-0.2, -0.15) is 4.37 Å². The first kappa shape index (κ1) is 24.7. The molecule has 1 aliphatic rings. The predicted octanol–water partition coefficient (Wildman–Crippen LogP) is 3.82. The van der Waals surface area contributed by atoms with E-state index in [1.54, 1.807) is 0 Å². The molecule has 33 heavy (non-hydrogen) atoms. The van der Waals surface area contributed by atoms with Crippen LogP contribution in [0.5, 0.6) is 0 Å². The molecule has 0 unspecified atom stereocenters. The van der Waals surface area contributed by atoms with Gasteiger partial charge in [-0.05, 0) is 54.4 Å². The summed E-state index contributed by atoms with van der Waals surface area (Å²) in [4.78, 5) is 40.2. The van der Waals surface area contributed by atoms with Crippen LogP contribution in [-0.2, 0) is 4.79 Å². The third kappa shape index (κ3) is 5.52. The van der Waals surface area contributed by atoms with Crippen LogP contribution in [0.25, 0.3) is 0 Å². The van der Waals surface area contributed by atoms with Crippen molar-refractivity contribution < 1.29 is 14.4 Å². The molecule has 1 aromatic carbocycles. The number of nitrogens with one attached hydrogen (secondary N) is 1. The van der Waals surface area contributed by atoms with Crippen LogP contribution in [0.3, 0.4) is 0 Å². The summed E-state index contributed by atoms with van der Waals surface area (Å²) in [6.07, 6.45) is 5.68. The summed E-state index contributed by atoms with van der Waals surface area (Å²) >= 11 is 0.820. The molecule has 0 saturated heterocycles. The van der Waals surface area contributed by atoms with Crippen LogP contribution in [-0.4, -0.2) is 34.2 Å². The van der Waals surface area contributed by atoms with Crippen LogP contribution in [0, 0.1) is 0 Å². The number of hydrogen-bond donors (Lipinski definition) is 3. The van der Waals surface area contributed by atoms with Gasteiger partial charge in [0.1, 0.15) is 10.9 Å². The number of hydrogen-bond acceptors (Lipinski definition) is 6. The second-order valence-electron chi connectivity index (χ2n) is 8.83. The molecule has 1 aromatic heterocycles. The summed E-state index contributed by atoms with van der Waals surface area (Å²) in [5, 5.41) is 3.14. The van der Waals surface area contributed by atoms with Crippen molar-refractivity contribution in [1.82, 2.24) is 9.69 Å². The maximum absolute atomic E-state index is 13.7. The van der Waals surface area contributed by atoms with Crippen LogP contribution >= 0.6 is 11.5 Å². The zero-order chi connectivity index (χ0) is 24.1. The van der Waals surface area contributed by atoms with E-state index in [2.05, 4.69) is 23.5 Å². The summed E-state index contributed by atoms with van der Waals surface area (Å²) in [5.41, 5.74) is 12.9. The molecule has 9 heteroatoms. The molecule has 5 N–H and O–H groups in total. The highest BCUT2D eigenvalue weighted by Gasteiger charge is 2.34. The van der Waals surface area contributed by atoms with Crippen LogP contribution in [0.15, 0.2) is 24.3 Å². The zero-order valence-corrected chi connectivity index (χ0v) is 20.3. The van der Waals surface area contributed by atoms with Crippen LogP contribution in [0.4, 0.5) is 11.4 Å². The molecule has 178 valence electrons. The number of nitrogens with zero attached hydrogens (tertiary/aromatic N) is 2. The van der Waals surface area contributed by atoms with Crippen molar-refractivity contribution in [3.63, 3.8) is 0 Å². The number of anilines is 2. The standard InChI is InChI=1S/C24H33N5O3S/c1-4-18(23(31)27-16-8-6-5-7-9-16)29(17-12-10-15(11-13-17)14(2)3)24(32)21-19(25)20(22(26)30)28-33-21/h10-14,16,18H,4-9,25H2,1-3H3,(H2,26,30)(H,27,31)/t18-/m1/s1. The molecule has 0 bridgehead atoms. The Balaban J connectivity index is 1.98. The number of primary amides is 1. The van der Waals surface area contributed by atoms with E-state index in [0.717, 1.165) is 42.8 Å². The number of carbonyl (C=O) groups excluding carboxylic acids is 3. The molecule has 0 radical (unpaired) electrons. The van der Waals surface area contributed by atoms with Gasteiger partial charge in [-0.15, -0.1) is 0 Å². The molecule has 0 spiro atoms. The van der Waals surface area contributed by atoms with Gasteiger partial charge in [0.05, 0.1) is 5.69 Å². The van der Waals surface area contributed by atoms with E-state index in [-0.39, 0.29) is 28.2 Å². The van der Waals surface area contributed by atoms with Crippen LogP contribution < -0.4 is 21.7 Å². The smallest absolute Gasteiger partial charge is 0.272 e. The van der Waals surface area contributed by atoms with E-state index in [0.29, 0.717) is 18.0 Å². The third-order valence-corrected chi connectivity index (χ3v) is 7.02. The molecule has 2 aromatic rings. The highest BCUT2D eigenvalue weighted by molar-refractivity contribution is 7.09. The van der Waals surface area contributed by atoms with Gasteiger partial charge in [-0.1, -0.05) is 52.2 Å². The Morgan fingerprint density at radius 1 is 1.15 bits per heavy atom. The monoisotopic (exact) mass is 471 g/mol. The van der Waals surface area contributed by atoms with E-state index in [1.807, 2.05) is 31.2 Å². The topological polar surface area (TPSA) is 131 Å². The lowest BCUT2D eigenvalue weighted by molar-refractivity contribution is -0.123. The third-order valence-electron chi connectivity index (χ3n) is 6.16. The average Bonchev–Trinajstić information content (AvgIpc) is 3.19.